The highest BCUT2D eigenvalue weighted by Crippen LogP contribution is 2.21. The molecule has 142 valence electrons. The first-order valence-corrected chi connectivity index (χ1v) is 9.11. The van der Waals surface area contributed by atoms with Gasteiger partial charge in [0, 0.05) is 44.5 Å². The molecule has 27 heavy (non-hydrogen) atoms. The number of carbonyl (C=O) groups excluding carboxylic acids is 2. The summed E-state index contributed by atoms with van der Waals surface area (Å²) >= 11 is 0. The minimum absolute atomic E-state index is 0.000836. The van der Waals surface area contributed by atoms with Crippen molar-refractivity contribution >= 4 is 17.5 Å². The van der Waals surface area contributed by atoms with E-state index >= 15 is 0 Å². The number of hydrogen-bond donors (Lipinski definition) is 2. The lowest BCUT2D eigenvalue weighted by Crippen LogP contribution is -2.46. The van der Waals surface area contributed by atoms with E-state index in [4.69, 9.17) is 0 Å². The molecule has 6 nitrogen and oxygen atoms in total. The summed E-state index contributed by atoms with van der Waals surface area (Å²) in [6.07, 6.45) is 1.39. The van der Waals surface area contributed by atoms with Gasteiger partial charge < -0.3 is 20.2 Å². The lowest BCUT2D eigenvalue weighted by atomic mass is 10.0. The van der Waals surface area contributed by atoms with Crippen molar-refractivity contribution in [2.24, 2.45) is 0 Å². The number of amides is 2. The van der Waals surface area contributed by atoms with E-state index in [-0.39, 0.29) is 23.6 Å². The van der Waals surface area contributed by atoms with Gasteiger partial charge in [-0.2, -0.15) is 0 Å². The lowest BCUT2D eigenvalue weighted by Gasteiger charge is -2.32. The summed E-state index contributed by atoms with van der Waals surface area (Å²) in [6.45, 7) is 1.11. The van der Waals surface area contributed by atoms with Crippen molar-refractivity contribution in [2.75, 3.05) is 32.1 Å². The summed E-state index contributed by atoms with van der Waals surface area (Å²) in [7, 11) is 3.92. The van der Waals surface area contributed by atoms with Gasteiger partial charge in [-0.25, -0.2) is 0 Å². The maximum Gasteiger partial charge on any atom is 0.257 e. The van der Waals surface area contributed by atoms with Gasteiger partial charge in [0.15, 0.2) is 0 Å². The van der Waals surface area contributed by atoms with Crippen LogP contribution >= 0.6 is 0 Å². The van der Waals surface area contributed by atoms with Crippen LogP contribution in [0.1, 0.15) is 33.6 Å². The zero-order valence-electron chi connectivity index (χ0n) is 15.7. The minimum atomic E-state index is -0.169. The Balaban J connectivity index is 1.54. The van der Waals surface area contributed by atoms with Crippen molar-refractivity contribution in [3.05, 3.63) is 59.7 Å². The van der Waals surface area contributed by atoms with Crippen LogP contribution in [0.4, 0.5) is 5.69 Å². The van der Waals surface area contributed by atoms with Gasteiger partial charge in [0.25, 0.3) is 11.8 Å². The first-order chi connectivity index (χ1) is 13.0. The fourth-order valence-electron chi connectivity index (χ4n) is 3.23. The molecule has 2 N–H and O–H groups in total. The first kappa shape index (κ1) is 18.8. The quantitative estimate of drug-likeness (QED) is 0.871. The molecule has 0 aliphatic carbocycles. The Kier molecular flexibility index (Phi) is 5.64. The van der Waals surface area contributed by atoms with Crippen LogP contribution < -0.4 is 10.2 Å². The van der Waals surface area contributed by atoms with Gasteiger partial charge in [-0.1, -0.05) is 12.1 Å². The third-order valence-corrected chi connectivity index (χ3v) is 4.90. The molecule has 2 aromatic carbocycles. The molecule has 0 unspecified atom stereocenters. The molecule has 0 radical (unpaired) electrons. The van der Waals surface area contributed by atoms with Gasteiger partial charge in [0.05, 0.1) is 5.56 Å². The Morgan fingerprint density at radius 1 is 1.04 bits per heavy atom. The number of benzene rings is 2. The van der Waals surface area contributed by atoms with Crippen LogP contribution in [0.2, 0.25) is 0 Å². The third kappa shape index (κ3) is 4.39. The standard InChI is InChI=1S/C21H25N3O3/c1-23(2)17-9-7-15(8-10-17)20(26)22-16-11-13-24(14-12-16)21(27)18-5-3-4-6-19(18)25/h3-10,16,25H,11-14H2,1-2H3,(H,22,26). The number of rotatable bonds is 4. The smallest absolute Gasteiger partial charge is 0.257 e. The number of carbonyl (C=O) groups is 2. The highest BCUT2D eigenvalue weighted by Gasteiger charge is 2.26. The zero-order chi connectivity index (χ0) is 19.4. The van der Waals surface area contributed by atoms with Gasteiger partial charge in [-0.05, 0) is 49.2 Å². The molecule has 3 rings (SSSR count). The van der Waals surface area contributed by atoms with E-state index in [9.17, 15) is 14.7 Å². The number of nitrogens with zero attached hydrogens (tertiary/aromatic N) is 2. The van der Waals surface area contributed by atoms with E-state index in [0.29, 0.717) is 37.1 Å². The summed E-state index contributed by atoms with van der Waals surface area (Å²) in [5.41, 5.74) is 2.00. The van der Waals surface area contributed by atoms with Crippen LogP contribution in [0.5, 0.6) is 5.75 Å². The summed E-state index contributed by atoms with van der Waals surface area (Å²) < 4.78 is 0. The topological polar surface area (TPSA) is 72.9 Å². The Labute approximate surface area is 159 Å². The van der Waals surface area contributed by atoms with Crippen molar-refractivity contribution in [3.8, 4) is 5.75 Å². The Morgan fingerprint density at radius 2 is 1.67 bits per heavy atom. The number of aromatic hydroxyl groups is 1. The Hall–Kier alpha value is -3.02. The number of phenols is 1. The number of piperidine rings is 1. The maximum absolute atomic E-state index is 12.5. The predicted molar refractivity (Wildman–Crippen MR) is 105 cm³/mol. The van der Waals surface area contributed by atoms with Crippen LogP contribution in [0.25, 0.3) is 0 Å². The van der Waals surface area contributed by atoms with Crippen LogP contribution in [0.15, 0.2) is 48.5 Å². The van der Waals surface area contributed by atoms with E-state index < -0.39 is 0 Å². The summed E-state index contributed by atoms with van der Waals surface area (Å²) in [5, 5.41) is 12.9. The van der Waals surface area contributed by atoms with E-state index in [1.54, 1.807) is 23.1 Å². The molecule has 0 spiro atoms. The number of para-hydroxylation sites is 1. The molecule has 1 aliphatic heterocycles. The summed E-state index contributed by atoms with van der Waals surface area (Å²) in [6, 6.07) is 14.1. The van der Waals surface area contributed by atoms with Crippen LogP contribution in [-0.4, -0.2) is 55.0 Å². The molecule has 1 aliphatic rings. The molecule has 6 heteroatoms. The molecule has 2 amide bonds. The van der Waals surface area contributed by atoms with Crippen molar-refractivity contribution < 1.29 is 14.7 Å². The van der Waals surface area contributed by atoms with Gasteiger partial charge in [-0.15, -0.1) is 0 Å². The molecular formula is C21H25N3O3. The highest BCUT2D eigenvalue weighted by molar-refractivity contribution is 5.97. The Morgan fingerprint density at radius 3 is 2.26 bits per heavy atom. The van der Waals surface area contributed by atoms with Gasteiger partial charge in [0.2, 0.25) is 0 Å². The molecular weight excluding hydrogens is 342 g/mol. The average molecular weight is 367 g/mol. The number of likely N-dealkylation sites (tertiary alicyclic amines) is 1. The fourth-order valence-corrected chi connectivity index (χ4v) is 3.23. The van der Waals surface area contributed by atoms with Crippen molar-refractivity contribution in [1.29, 1.82) is 0 Å². The SMILES string of the molecule is CN(C)c1ccc(C(=O)NC2CCN(C(=O)c3ccccc3O)CC2)cc1. The predicted octanol–water partition coefficient (Wildman–Crippen LogP) is 2.49. The first-order valence-electron chi connectivity index (χ1n) is 9.11. The normalized spacial score (nSPS) is 14.7. The molecule has 0 saturated carbocycles. The number of phenolic OH excluding ortho intramolecular Hbond substituents is 1. The second-order valence-corrected chi connectivity index (χ2v) is 7.00. The van der Waals surface area contributed by atoms with E-state index in [1.165, 1.54) is 6.07 Å². The highest BCUT2D eigenvalue weighted by atomic mass is 16.3. The zero-order valence-corrected chi connectivity index (χ0v) is 15.7. The molecule has 0 bridgehead atoms. The van der Waals surface area contributed by atoms with Gasteiger partial charge >= 0.3 is 0 Å². The number of nitrogens with one attached hydrogen (secondary N) is 1. The second-order valence-electron chi connectivity index (χ2n) is 7.00. The van der Waals surface area contributed by atoms with Crippen LogP contribution in [-0.2, 0) is 0 Å². The second kappa shape index (κ2) is 8.12. The molecule has 1 saturated heterocycles. The molecule has 0 atom stereocenters. The number of anilines is 1. The maximum atomic E-state index is 12.5. The van der Waals surface area contributed by atoms with E-state index in [1.807, 2.05) is 43.3 Å². The molecule has 1 heterocycles. The molecule has 2 aromatic rings. The van der Waals surface area contributed by atoms with Crippen molar-refractivity contribution in [3.63, 3.8) is 0 Å². The molecule has 0 aromatic heterocycles. The van der Waals surface area contributed by atoms with Crippen LogP contribution in [0, 0.1) is 0 Å². The summed E-state index contributed by atoms with van der Waals surface area (Å²) in [4.78, 5) is 28.7. The third-order valence-electron chi connectivity index (χ3n) is 4.90. The van der Waals surface area contributed by atoms with E-state index in [2.05, 4.69) is 5.32 Å². The van der Waals surface area contributed by atoms with Gasteiger partial charge in [0.1, 0.15) is 5.75 Å². The lowest BCUT2D eigenvalue weighted by molar-refractivity contribution is 0.0695. The van der Waals surface area contributed by atoms with E-state index in [0.717, 1.165) is 5.69 Å². The Bertz CT molecular complexity index is 810. The number of hydrogen-bond acceptors (Lipinski definition) is 4. The van der Waals surface area contributed by atoms with Gasteiger partial charge in [-0.3, -0.25) is 9.59 Å². The molecule has 1 fully saturated rings. The fraction of sp³-hybridized carbons (Fsp3) is 0.333. The average Bonchev–Trinajstić information content (AvgIpc) is 2.68. The van der Waals surface area contributed by atoms with Crippen molar-refractivity contribution in [2.45, 2.75) is 18.9 Å². The summed E-state index contributed by atoms with van der Waals surface area (Å²) in [5.74, 6) is -0.262. The largest absolute Gasteiger partial charge is 0.507 e. The minimum Gasteiger partial charge on any atom is -0.507 e. The van der Waals surface area contributed by atoms with Crippen molar-refractivity contribution in [1.82, 2.24) is 10.2 Å². The monoisotopic (exact) mass is 367 g/mol. The van der Waals surface area contributed by atoms with Crippen LogP contribution in [0.3, 0.4) is 0 Å².